The minimum atomic E-state index is -2.09. The fourth-order valence-electron chi connectivity index (χ4n) is 0.384. The van der Waals surface area contributed by atoms with Crippen molar-refractivity contribution < 1.29 is 19.5 Å². The zero-order chi connectivity index (χ0) is 10.5. The molecule has 0 saturated carbocycles. The summed E-state index contributed by atoms with van der Waals surface area (Å²) in [6.07, 6.45) is -0.553. The van der Waals surface area contributed by atoms with Gasteiger partial charge < -0.3 is 14.7 Å². The Bertz CT molecular complexity index is 217. The Labute approximate surface area is 85.2 Å². The number of ether oxygens (including phenoxy) is 2. The van der Waals surface area contributed by atoms with Crippen molar-refractivity contribution in [2.75, 3.05) is 6.61 Å². The van der Waals surface area contributed by atoms with Crippen molar-refractivity contribution in [3.63, 3.8) is 0 Å². The molecule has 13 heavy (non-hydrogen) atoms. The van der Waals surface area contributed by atoms with Crippen molar-refractivity contribution in [1.82, 2.24) is 0 Å². The highest BCUT2D eigenvalue weighted by molar-refractivity contribution is 6.57. The van der Waals surface area contributed by atoms with Crippen LogP contribution in [-0.2, 0) is 14.3 Å². The molecule has 0 saturated heterocycles. The molecule has 0 radical (unpaired) electrons. The Kier molecular flexibility index (Phi) is 4.87. The van der Waals surface area contributed by atoms with Gasteiger partial charge in [0.25, 0.3) is 0 Å². The zero-order valence-electron chi connectivity index (χ0n) is 7.08. The Balaban J connectivity index is 4.32. The summed E-state index contributed by atoms with van der Waals surface area (Å²) in [7, 11) is 0. The van der Waals surface area contributed by atoms with Crippen LogP contribution < -0.4 is 0 Å². The van der Waals surface area contributed by atoms with Crippen LogP contribution in [0.2, 0.25) is 0 Å². The Morgan fingerprint density at radius 1 is 1.62 bits per heavy atom. The summed E-state index contributed by atoms with van der Waals surface area (Å²) in [5, 5.41) is 10.9. The van der Waals surface area contributed by atoms with Crippen molar-refractivity contribution in [2.45, 2.75) is 18.4 Å². The van der Waals surface area contributed by atoms with Crippen LogP contribution in [0.1, 0.15) is 13.8 Å². The number of hydrogen-bond acceptors (Lipinski definition) is 5. The third-order valence-corrected chi connectivity index (χ3v) is 1.66. The minimum Gasteiger partial charge on any atom is -0.449 e. The molecule has 0 spiro atoms. The predicted octanol–water partition coefficient (Wildman–Crippen LogP) is 1.51. The maximum atomic E-state index is 10.7. The molecule has 0 heterocycles. The van der Waals surface area contributed by atoms with Crippen LogP contribution in [0.5, 0.6) is 0 Å². The van der Waals surface area contributed by atoms with Crippen LogP contribution in [0.15, 0.2) is 5.16 Å². The van der Waals surface area contributed by atoms with E-state index in [0.717, 1.165) is 6.92 Å². The molecule has 0 aromatic heterocycles. The van der Waals surface area contributed by atoms with Crippen molar-refractivity contribution in [3.05, 3.63) is 0 Å². The highest BCUT2D eigenvalue weighted by Crippen LogP contribution is 2.24. The average Bonchev–Trinajstić information content (AvgIpc) is 2.03. The van der Waals surface area contributed by atoms with E-state index < -0.39 is 16.4 Å². The summed E-state index contributed by atoms with van der Waals surface area (Å²) in [6.45, 7) is 2.95. The first-order valence-electron chi connectivity index (χ1n) is 3.36. The maximum absolute atomic E-state index is 10.7. The minimum absolute atomic E-state index is 0.196. The van der Waals surface area contributed by atoms with Gasteiger partial charge in [0.05, 0.1) is 6.61 Å². The Morgan fingerprint density at radius 2 is 2.15 bits per heavy atom. The molecule has 0 bridgehead atoms. The number of hydrogen-bond donors (Lipinski definition) is 1. The van der Waals surface area contributed by atoms with E-state index in [2.05, 4.69) is 14.6 Å². The molecular formula is C6H9Cl2NO4. The first-order valence-corrected chi connectivity index (χ1v) is 4.12. The van der Waals surface area contributed by atoms with Gasteiger partial charge in [-0.3, -0.25) is 4.79 Å². The highest BCUT2D eigenvalue weighted by atomic mass is 35.5. The molecule has 0 aromatic carbocycles. The molecule has 0 atom stereocenters. The summed E-state index contributed by atoms with van der Waals surface area (Å²) in [5.74, 6) is -0.642. The zero-order valence-corrected chi connectivity index (χ0v) is 8.59. The smallest absolute Gasteiger partial charge is 0.425 e. The van der Waals surface area contributed by atoms with E-state index in [0.29, 0.717) is 0 Å². The molecule has 0 rings (SSSR count). The topological polar surface area (TPSA) is 68.1 Å². The fraction of sp³-hybridized carbons (Fsp3) is 0.667. The van der Waals surface area contributed by atoms with Gasteiger partial charge in [0.15, 0.2) is 0 Å². The summed E-state index contributed by atoms with van der Waals surface area (Å²) in [6, 6.07) is 0. The second kappa shape index (κ2) is 5.14. The van der Waals surface area contributed by atoms with Gasteiger partial charge in [-0.25, -0.2) is 0 Å². The predicted molar refractivity (Wildman–Crippen MR) is 47.1 cm³/mol. The van der Waals surface area contributed by atoms with Crippen LogP contribution in [0.3, 0.4) is 0 Å². The summed E-state index contributed by atoms with van der Waals surface area (Å²) in [5.41, 5.74) is 0. The van der Waals surface area contributed by atoms with E-state index >= 15 is 0 Å². The summed E-state index contributed by atoms with van der Waals surface area (Å²) in [4.78, 5) is 10.7. The molecule has 5 nitrogen and oxygen atoms in total. The lowest BCUT2D eigenvalue weighted by Crippen LogP contribution is -2.31. The van der Waals surface area contributed by atoms with Crippen LogP contribution in [0.25, 0.3) is 0 Å². The molecular weight excluding hydrogens is 221 g/mol. The highest BCUT2D eigenvalue weighted by Gasteiger charge is 2.34. The van der Waals surface area contributed by atoms with Gasteiger partial charge in [0.1, 0.15) is 0 Å². The van der Waals surface area contributed by atoms with E-state index in [1.54, 1.807) is 6.92 Å². The lowest BCUT2D eigenvalue weighted by molar-refractivity contribution is -0.123. The molecule has 0 aliphatic rings. The number of nitrogens with zero attached hydrogens (tertiary/aromatic N) is 1. The van der Waals surface area contributed by atoms with Crippen molar-refractivity contribution >= 4 is 35.1 Å². The third-order valence-electron chi connectivity index (χ3n) is 0.975. The van der Waals surface area contributed by atoms with Crippen molar-refractivity contribution in [3.8, 4) is 0 Å². The molecule has 1 N–H and O–H groups in total. The first-order chi connectivity index (χ1) is 5.94. The molecule has 76 valence electrons. The number of ketones is 1. The molecule has 0 unspecified atom stereocenters. The number of alkyl halides is 2. The normalized spacial score (nSPS) is 12.5. The molecule has 0 aliphatic heterocycles. The Hall–Kier alpha value is -0.680. The SMILES string of the molecule is CCOC(=NO)OC(Cl)(Cl)C(C)=O. The Morgan fingerprint density at radius 3 is 2.46 bits per heavy atom. The van der Waals surface area contributed by atoms with Gasteiger partial charge in [-0.05, 0) is 35.3 Å². The number of carbonyl (C=O) groups excluding carboxylic acids is 1. The number of Topliss-reactive ketones (excluding diaryl/α,β-unsaturated/α-hetero) is 1. The van der Waals surface area contributed by atoms with E-state index in [1.807, 2.05) is 0 Å². The first kappa shape index (κ1) is 12.3. The van der Waals surface area contributed by atoms with Gasteiger partial charge in [-0.1, -0.05) is 0 Å². The molecule has 0 fully saturated rings. The number of carbonyl (C=O) groups is 1. The van der Waals surface area contributed by atoms with E-state index in [1.165, 1.54) is 0 Å². The van der Waals surface area contributed by atoms with Gasteiger partial charge in [0, 0.05) is 6.92 Å². The third kappa shape index (κ3) is 4.19. The summed E-state index contributed by atoms with van der Waals surface area (Å²) < 4.78 is 7.10. The lowest BCUT2D eigenvalue weighted by Gasteiger charge is -2.17. The van der Waals surface area contributed by atoms with Crippen LogP contribution in [0, 0.1) is 0 Å². The van der Waals surface area contributed by atoms with Crippen LogP contribution in [-0.4, -0.2) is 28.2 Å². The van der Waals surface area contributed by atoms with Crippen LogP contribution >= 0.6 is 23.2 Å². The van der Waals surface area contributed by atoms with Gasteiger partial charge in [-0.2, -0.15) is 0 Å². The van der Waals surface area contributed by atoms with Crippen molar-refractivity contribution in [1.29, 1.82) is 0 Å². The van der Waals surface area contributed by atoms with E-state index in [-0.39, 0.29) is 6.61 Å². The maximum Gasteiger partial charge on any atom is 0.425 e. The largest absolute Gasteiger partial charge is 0.449 e. The molecule has 7 heteroatoms. The van der Waals surface area contributed by atoms with E-state index in [4.69, 9.17) is 28.4 Å². The quantitative estimate of drug-likeness (QED) is 0.262. The van der Waals surface area contributed by atoms with E-state index in [9.17, 15) is 4.79 Å². The van der Waals surface area contributed by atoms with Crippen molar-refractivity contribution in [2.24, 2.45) is 5.16 Å². The fourth-order valence-corrected chi connectivity index (χ4v) is 0.516. The number of rotatable bonds is 3. The van der Waals surface area contributed by atoms with Gasteiger partial charge in [-0.15, -0.1) is 0 Å². The number of oxime groups is 1. The molecule has 0 aliphatic carbocycles. The van der Waals surface area contributed by atoms with Crippen LogP contribution in [0.4, 0.5) is 0 Å². The summed E-state index contributed by atoms with van der Waals surface area (Å²) >= 11 is 10.8. The molecule has 0 amide bonds. The second-order valence-electron chi connectivity index (χ2n) is 1.97. The van der Waals surface area contributed by atoms with Gasteiger partial charge in [0.2, 0.25) is 5.78 Å². The standard InChI is InChI=1S/C6H9Cl2NO4/c1-3-12-5(9-11)13-6(7,8)4(2)10/h11H,3H2,1-2H3. The average molecular weight is 230 g/mol. The molecule has 0 aromatic rings. The lowest BCUT2D eigenvalue weighted by atomic mass is 10.5. The van der Waals surface area contributed by atoms with Gasteiger partial charge >= 0.3 is 10.6 Å². The second-order valence-corrected chi connectivity index (χ2v) is 3.23. The number of halogens is 2. The monoisotopic (exact) mass is 229 g/mol.